The lowest BCUT2D eigenvalue weighted by molar-refractivity contribution is 2.37. The maximum atomic E-state index is 2.04. The van der Waals surface area contributed by atoms with Gasteiger partial charge in [0.05, 0.1) is 0 Å². The van der Waals surface area contributed by atoms with E-state index >= 15 is 0 Å². The van der Waals surface area contributed by atoms with Crippen molar-refractivity contribution in [2.75, 3.05) is 12.5 Å². The third-order valence-corrected chi connectivity index (χ3v) is 0. The van der Waals surface area contributed by atoms with Crippen molar-refractivity contribution in [1.29, 1.82) is 0 Å². The van der Waals surface area contributed by atoms with E-state index in [1.807, 2.05) is 12.5 Å². The summed E-state index contributed by atoms with van der Waals surface area (Å²) in [5.74, 6) is 0. The van der Waals surface area contributed by atoms with Crippen molar-refractivity contribution in [3.05, 3.63) is 0 Å². The van der Waals surface area contributed by atoms with Crippen molar-refractivity contribution in [2.45, 2.75) is 0 Å². The number of hydrogen-bond donors (Lipinski definition) is 0. The van der Waals surface area contributed by atoms with Crippen molar-refractivity contribution >= 4 is 20.2 Å². The maximum Gasteiger partial charge on any atom is 0 e. The topological polar surface area (TPSA) is 0 Å². The average molecular weight is 75.0 g/mol. The van der Waals surface area contributed by atoms with E-state index in [0.29, 0.717) is 0 Å². The summed E-state index contributed by atoms with van der Waals surface area (Å²) in [6.45, 7) is 0. The van der Waals surface area contributed by atoms with Crippen LogP contribution in [0.15, 0.2) is 0 Å². The minimum atomic E-state index is 0. The van der Waals surface area contributed by atoms with E-state index < -0.39 is 0 Å². The molecule has 0 aliphatic rings. The Morgan fingerprint density at radius 3 is 1.50 bits per heavy atom. The molecule has 0 aromatic heterocycles. The van der Waals surface area contributed by atoms with Gasteiger partial charge < -0.3 is 0 Å². The molecular weight excluding hydrogens is 66.9 g/mol. The molecule has 0 aliphatic carbocycles. The normalized spacial score (nSPS) is 4.50. The molecule has 2 heteroatoms. The SMILES string of the molecule is CSC.[B].[HH]. The monoisotopic (exact) mass is 75.0 g/mol. The largest absolute Gasteiger partial charge is 0.169 e. The first-order valence-corrected chi connectivity index (χ1v) is 2.45. The highest BCUT2D eigenvalue weighted by Gasteiger charge is 1.32. The molecule has 0 saturated heterocycles. The number of thioether (sulfide) groups is 1. The number of hydrogen-bond acceptors (Lipinski definition) is 1. The lowest BCUT2D eigenvalue weighted by Crippen LogP contribution is -1.25. The third-order valence-electron chi connectivity index (χ3n) is 0. The molecule has 0 saturated carbocycles. The van der Waals surface area contributed by atoms with Gasteiger partial charge in [0.2, 0.25) is 0 Å². The van der Waals surface area contributed by atoms with Gasteiger partial charge in [-0.05, 0) is 12.5 Å². The fourth-order valence-electron chi connectivity index (χ4n) is 0. The lowest BCUT2D eigenvalue weighted by atomic mass is 10.8. The van der Waals surface area contributed by atoms with Crippen molar-refractivity contribution in [1.82, 2.24) is 0 Å². The van der Waals surface area contributed by atoms with E-state index in [4.69, 9.17) is 0 Å². The second-order valence-electron chi connectivity index (χ2n) is 0.408. The fourth-order valence-corrected chi connectivity index (χ4v) is 0. The first-order valence-electron chi connectivity index (χ1n) is 0.816. The van der Waals surface area contributed by atoms with Crippen LogP contribution in [0.5, 0.6) is 0 Å². The molecular formula is C2H8BS. The van der Waals surface area contributed by atoms with E-state index in [1.165, 1.54) is 0 Å². The summed E-state index contributed by atoms with van der Waals surface area (Å²) in [6.07, 6.45) is 4.08. The van der Waals surface area contributed by atoms with E-state index in [-0.39, 0.29) is 9.84 Å². The third kappa shape index (κ3) is 28.1. The van der Waals surface area contributed by atoms with Gasteiger partial charge in [0, 0.05) is 9.84 Å². The average Bonchev–Trinajstić information content (AvgIpc) is 0.918. The summed E-state index contributed by atoms with van der Waals surface area (Å²) in [4.78, 5) is 0. The van der Waals surface area contributed by atoms with Crippen LogP contribution in [0.2, 0.25) is 0 Å². The highest BCUT2D eigenvalue weighted by atomic mass is 32.2. The van der Waals surface area contributed by atoms with E-state index in [0.717, 1.165) is 0 Å². The van der Waals surface area contributed by atoms with Gasteiger partial charge in [-0.2, -0.15) is 11.8 Å². The Bertz CT molecular complexity index is 9.61. The second kappa shape index (κ2) is 9.95. The highest BCUT2D eigenvalue weighted by Crippen LogP contribution is 1.70. The van der Waals surface area contributed by atoms with Crippen LogP contribution in [0.25, 0.3) is 0 Å². The molecule has 0 amide bonds. The van der Waals surface area contributed by atoms with Crippen molar-refractivity contribution < 1.29 is 1.43 Å². The lowest BCUT2D eigenvalue weighted by Gasteiger charge is -1.51. The fraction of sp³-hybridized carbons (Fsp3) is 1.00. The molecule has 0 nitrogen and oxygen atoms in total. The molecule has 0 N–H and O–H groups in total. The second-order valence-corrected chi connectivity index (χ2v) is 1.22. The molecule has 0 atom stereocenters. The van der Waals surface area contributed by atoms with Crippen LogP contribution in [0.4, 0.5) is 0 Å². The molecule has 0 aliphatic heterocycles. The highest BCUT2D eigenvalue weighted by molar-refractivity contribution is 7.97. The predicted molar refractivity (Wildman–Crippen MR) is 27.3 cm³/mol. The minimum Gasteiger partial charge on any atom is -0.169 e. The zero-order chi connectivity index (χ0) is 2.71. The van der Waals surface area contributed by atoms with Crippen molar-refractivity contribution in [3.8, 4) is 0 Å². The van der Waals surface area contributed by atoms with Gasteiger partial charge in [0.1, 0.15) is 0 Å². The smallest absolute Gasteiger partial charge is 0 e. The Hall–Kier alpha value is 0.415. The minimum absolute atomic E-state index is 0. The van der Waals surface area contributed by atoms with Crippen LogP contribution in [0.1, 0.15) is 1.43 Å². The summed E-state index contributed by atoms with van der Waals surface area (Å²) in [7, 11) is 0. The molecule has 0 spiro atoms. The van der Waals surface area contributed by atoms with Crippen LogP contribution in [0.3, 0.4) is 0 Å². The van der Waals surface area contributed by atoms with Gasteiger partial charge in [0.25, 0.3) is 0 Å². The molecule has 0 unspecified atom stereocenters. The maximum absolute atomic E-state index is 2.04. The first kappa shape index (κ1) is 8.83. The summed E-state index contributed by atoms with van der Waals surface area (Å²) in [6, 6.07) is 0. The summed E-state index contributed by atoms with van der Waals surface area (Å²) in [5, 5.41) is 0. The molecule has 0 fully saturated rings. The summed E-state index contributed by atoms with van der Waals surface area (Å²) < 4.78 is 0. The molecule has 0 aromatic rings. The van der Waals surface area contributed by atoms with Gasteiger partial charge in [-0.25, -0.2) is 0 Å². The Kier molecular flexibility index (Phi) is 22.0. The molecule has 0 bridgehead atoms. The van der Waals surface area contributed by atoms with Gasteiger partial charge >= 0.3 is 0 Å². The molecule has 0 rings (SSSR count). The Morgan fingerprint density at radius 2 is 1.50 bits per heavy atom. The molecule has 0 heterocycles. The zero-order valence-electron chi connectivity index (χ0n) is 2.99. The van der Waals surface area contributed by atoms with E-state index in [2.05, 4.69) is 0 Å². The Labute approximate surface area is 35.0 Å². The molecule has 25 valence electrons. The van der Waals surface area contributed by atoms with Gasteiger partial charge in [-0.15, -0.1) is 0 Å². The quantitative estimate of drug-likeness (QED) is 0.384. The van der Waals surface area contributed by atoms with Crippen LogP contribution in [-0.4, -0.2) is 20.9 Å². The molecule has 0 aromatic carbocycles. The van der Waals surface area contributed by atoms with Gasteiger partial charge in [0.15, 0.2) is 0 Å². The molecule has 4 heavy (non-hydrogen) atoms. The number of rotatable bonds is 0. The van der Waals surface area contributed by atoms with Crippen molar-refractivity contribution in [3.63, 3.8) is 0 Å². The van der Waals surface area contributed by atoms with E-state index in [9.17, 15) is 0 Å². The Balaban J connectivity index is -0.0000000200. The van der Waals surface area contributed by atoms with Crippen LogP contribution in [0, 0.1) is 0 Å². The van der Waals surface area contributed by atoms with Crippen molar-refractivity contribution in [2.24, 2.45) is 0 Å². The Morgan fingerprint density at radius 1 is 1.50 bits per heavy atom. The van der Waals surface area contributed by atoms with Crippen LogP contribution in [-0.2, 0) is 0 Å². The summed E-state index contributed by atoms with van der Waals surface area (Å²) in [5.41, 5.74) is 0. The van der Waals surface area contributed by atoms with E-state index in [1.54, 1.807) is 11.8 Å². The standard InChI is InChI=1S/C2H6S.B.H2/c1-3-2;;/h1-2H3;;1H. The van der Waals surface area contributed by atoms with Gasteiger partial charge in [-0.1, -0.05) is 0 Å². The predicted octanol–water partition coefficient (Wildman–Crippen LogP) is 0.844. The van der Waals surface area contributed by atoms with Crippen LogP contribution < -0.4 is 0 Å². The first-order chi connectivity index (χ1) is 1.41. The summed E-state index contributed by atoms with van der Waals surface area (Å²) >= 11 is 1.75. The van der Waals surface area contributed by atoms with Gasteiger partial charge in [-0.3, -0.25) is 0 Å². The molecule has 3 radical (unpaired) electrons. The zero-order valence-corrected chi connectivity index (χ0v) is 3.80. The van der Waals surface area contributed by atoms with Crippen LogP contribution >= 0.6 is 11.8 Å².